The molecule has 0 bridgehead atoms. The smallest absolute Gasteiger partial charge is 0.406 e. The zero-order valence-electron chi connectivity index (χ0n) is 8.71. The molecule has 0 fully saturated rings. The van der Waals surface area contributed by atoms with Gasteiger partial charge in [0.15, 0.2) is 0 Å². The molecule has 0 aromatic carbocycles. The number of imide groups is 1. The summed E-state index contributed by atoms with van der Waals surface area (Å²) in [5.74, 6) is -0.755. The van der Waals surface area contributed by atoms with Gasteiger partial charge in [-0.15, -0.1) is 0 Å². The molecule has 2 N–H and O–H groups in total. The van der Waals surface area contributed by atoms with E-state index in [0.717, 1.165) is 4.90 Å². The van der Waals surface area contributed by atoms with Crippen molar-refractivity contribution in [3.8, 4) is 0 Å². The molecule has 3 amide bonds. The molecule has 1 rings (SSSR count). The van der Waals surface area contributed by atoms with Crippen molar-refractivity contribution in [2.75, 3.05) is 13.2 Å². The zero-order chi connectivity index (χ0) is 12.1. The molecule has 1 heterocycles. The van der Waals surface area contributed by atoms with Gasteiger partial charge in [-0.3, -0.25) is 14.5 Å². The lowest BCUT2D eigenvalue weighted by atomic mass is 10.5. The summed E-state index contributed by atoms with van der Waals surface area (Å²) >= 11 is 0. The average molecular weight is 228 g/mol. The first-order valence-corrected chi connectivity index (χ1v) is 4.62. The van der Waals surface area contributed by atoms with E-state index in [1.54, 1.807) is 0 Å². The quantitative estimate of drug-likeness (QED) is 0.499. The molecule has 1 aliphatic heterocycles. The molecule has 0 saturated carbocycles. The summed E-state index contributed by atoms with van der Waals surface area (Å²) in [6.45, 7) is 1.67. The van der Waals surface area contributed by atoms with E-state index in [2.05, 4.69) is 4.74 Å². The van der Waals surface area contributed by atoms with Crippen molar-refractivity contribution < 1.29 is 23.9 Å². The van der Waals surface area contributed by atoms with Crippen LogP contribution in [0.25, 0.3) is 0 Å². The van der Waals surface area contributed by atoms with Crippen molar-refractivity contribution in [2.45, 2.75) is 13.2 Å². The first kappa shape index (κ1) is 12.2. The summed E-state index contributed by atoms with van der Waals surface area (Å²) in [6.07, 6.45) is 0.623. The largest absolute Gasteiger partial charge is 0.420 e. The van der Waals surface area contributed by atoms with Gasteiger partial charge in [0.1, 0.15) is 0 Å². The third-order valence-corrected chi connectivity index (χ3v) is 1.85. The highest BCUT2D eigenvalue weighted by molar-refractivity contribution is 6.12. The predicted octanol–water partition coefficient (Wildman–Crippen LogP) is -0.631. The van der Waals surface area contributed by atoms with Gasteiger partial charge >= 0.3 is 6.09 Å². The Kier molecular flexibility index (Phi) is 4.01. The maximum absolute atomic E-state index is 11.1. The van der Waals surface area contributed by atoms with E-state index in [-0.39, 0.29) is 25.0 Å². The van der Waals surface area contributed by atoms with Crippen LogP contribution in [0.2, 0.25) is 0 Å². The SMILES string of the molecule is CC(OCCN1C(=O)C=CC1=O)OC(N)=O. The first-order valence-electron chi connectivity index (χ1n) is 4.62. The van der Waals surface area contributed by atoms with E-state index in [1.807, 2.05) is 0 Å². The van der Waals surface area contributed by atoms with E-state index in [9.17, 15) is 14.4 Å². The van der Waals surface area contributed by atoms with E-state index < -0.39 is 12.4 Å². The summed E-state index contributed by atoms with van der Waals surface area (Å²) in [7, 11) is 0. The van der Waals surface area contributed by atoms with E-state index in [4.69, 9.17) is 10.5 Å². The van der Waals surface area contributed by atoms with E-state index >= 15 is 0 Å². The minimum Gasteiger partial charge on any atom is -0.420 e. The molecule has 7 nitrogen and oxygen atoms in total. The fraction of sp³-hybridized carbons (Fsp3) is 0.444. The molecular formula is C9H12N2O5. The Bertz CT molecular complexity index is 321. The molecule has 0 saturated heterocycles. The highest BCUT2D eigenvalue weighted by Crippen LogP contribution is 2.03. The summed E-state index contributed by atoms with van der Waals surface area (Å²) < 4.78 is 9.50. The topological polar surface area (TPSA) is 98.9 Å². The van der Waals surface area contributed by atoms with Gasteiger partial charge in [0.2, 0.25) is 6.29 Å². The minimum atomic E-state index is -0.942. The van der Waals surface area contributed by atoms with Crippen LogP contribution in [0.5, 0.6) is 0 Å². The molecule has 88 valence electrons. The fourth-order valence-corrected chi connectivity index (χ4v) is 1.16. The second-order valence-electron chi connectivity index (χ2n) is 3.04. The van der Waals surface area contributed by atoms with Crippen LogP contribution < -0.4 is 5.73 Å². The normalized spacial score (nSPS) is 16.7. The second kappa shape index (κ2) is 5.26. The van der Waals surface area contributed by atoms with Crippen molar-refractivity contribution >= 4 is 17.9 Å². The van der Waals surface area contributed by atoms with Crippen LogP contribution >= 0.6 is 0 Å². The van der Waals surface area contributed by atoms with Gasteiger partial charge in [0, 0.05) is 12.2 Å². The molecule has 0 aliphatic carbocycles. The van der Waals surface area contributed by atoms with Gasteiger partial charge in [0.05, 0.1) is 13.2 Å². The lowest BCUT2D eigenvalue weighted by molar-refractivity contribution is -0.140. The third kappa shape index (κ3) is 3.35. The number of carbonyl (C=O) groups excluding carboxylic acids is 3. The number of primary amides is 1. The summed E-state index contributed by atoms with van der Waals surface area (Å²) in [4.78, 5) is 33.5. The third-order valence-electron chi connectivity index (χ3n) is 1.85. The second-order valence-corrected chi connectivity index (χ2v) is 3.04. The molecule has 1 aliphatic rings. The Morgan fingerprint density at radius 3 is 2.50 bits per heavy atom. The monoisotopic (exact) mass is 228 g/mol. The first-order chi connectivity index (χ1) is 7.50. The molecule has 1 atom stereocenters. The molecule has 0 radical (unpaired) electrons. The highest BCUT2D eigenvalue weighted by atomic mass is 16.7. The summed E-state index contributed by atoms with van der Waals surface area (Å²) in [5.41, 5.74) is 4.76. The Labute approximate surface area is 91.8 Å². The summed E-state index contributed by atoms with van der Waals surface area (Å²) in [5, 5.41) is 0. The lowest BCUT2D eigenvalue weighted by Crippen LogP contribution is -2.34. The standard InChI is InChI=1S/C9H12N2O5/c1-6(16-9(10)14)15-5-4-11-7(12)2-3-8(11)13/h2-3,6H,4-5H2,1H3,(H2,10,14). The van der Waals surface area contributed by atoms with Crippen LogP contribution in [-0.4, -0.2) is 42.2 Å². The van der Waals surface area contributed by atoms with E-state index in [0.29, 0.717) is 0 Å². The van der Waals surface area contributed by atoms with Crippen LogP contribution in [0.15, 0.2) is 12.2 Å². The fourth-order valence-electron chi connectivity index (χ4n) is 1.16. The number of ether oxygens (including phenoxy) is 2. The summed E-state index contributed by atoms with van der Waals surface area (Å²) in [6, 6.07) is 0. The zero-order valence-corrected chi connectivity index (χ0v) is 8.71. The molecule has 0 aromatic rings. The maximum Gasteiger partial charge on any atom is 0.406 e. The average Bonchev–Trinajstić information content (AvgIpc) is 2.47. The van der Waals surface area contributed by atoms with Crippen molar-refractivity contribution in [3.63, 3.8) is 0 Å². The molecular weight excluding hydrogens is 216 g/mol. The van der Waals surface area contributed by atoms with Gasteiger partial charge < -0.3 is 15.2 Å². The van der Waals surface area contributed by atoms with Crippen molar-refractivity contribution in [3.05, 3.63) is 12.2 Å². The van der Waals surface area contributed by atoms with Gasteiger partial charge in [-0.1, -0.05) is 0 Å². The molecule has 7 heteroatoms. The van der Waals surface area contributed by atoms with E-state index in [1.165, 1.54) is 19.1 Å². The number of rotatable bonds is 5. The Hall–Kier alpha value is -1.89. The molecule has 1 unspecified atom stereocenters. The van der Waals surface area contributed by atoms with Crippen LogP contribution in [0.1, 0.15) is 6.92 Å². The van der Waals surface area contributed by atoms with Crippen LogP contribution in [0, 0.1) is 0 Å². The highest BCUT2D eigenvalue weighted by Gasteiger charge is 2.22. The van der Waals surface area contributed by atoms with Crippen LogP contribution in [-0.2, 0) is 19.1 Å². The number of carbonyl (C=O) groups is 3. The minimum absolute atomic E-state index is 0.0770. The number of hydrogen-bond donors (Lipinski definition) is 1. The van der Waals surface area contributed by atoms with Crippen LogP contribution in [0.4, 0.5) is 4.79 Å². The molecule has 0 spiro atoms. The van der Waals surface area contributed by atoms with Gasteiger partial charge in [-0.2, -0.15) is 0 Å². The number of nitrogens with zero attached hydrogens (tertiary/aromatic N) is 1. The van der Waals surface area contributed by atoms with Crippen molar-refractivity contribution in [2.24, 2.45) is 5.73 Å². The maximum atomic E-state index is 11.1. The van der Waals surface area contributed by atoms with Crippen molar-refractivity contribution in [1.82, 2.24) is 4.90 Å². The Morgan fingerprint density at radius 1 is 1.44 bits per heavy atom. The number of hydrogen-bond acceptors (Lipinski definition) is 5. The molecule has 0 aromatic heterocycles. The van der Waals surface area contributed by atoms with Crippen LogP contribution in [0.3, 0.4) is 0 Å². The Balaban J connectivity index is 2.23. The van der Waals surface area contributed by atoms with Crippen molar-refractivity contribution in [1.29, 1.82) is 0 Å². The Morgan fingerprint density at radius 2 is 2.00 bits per heavy atom. The van der Waals surface area contributed by atoms with Gasteiger partial charge in [0.25, 0.3) is 11.8 Å². The lowest BCUT2D eigenvalue weighted by Gasteiger charge is -2.16. The molecule has 16 heavy (non-hydrogen) atoms. The van der Waals surface area contributed by atoms with Gasteiger partial charge in [-0.25, -0.2) is 4.79 Å². The predicted molar refractivity (Wildman–Crippen MR) is 51.9 cm³/mol. The van der Waals surface area contributed by atoms with Gasteiger partial charge in [-0.05, 0) is 6.92 Å². The number of nitrogens with two attached hydrogens (primary N) is 1. The number of amides is 3.